The normalized spacial score (nSPS) is 11.4. The van der Waals surface area contributed by atoms with Crippen molar-refractivity contribution >= 4 is 0 Å². The number of halogens is 3. The first-order valence-electron chi connectivity index (χ1n) is 3.76. The molecular weight excluding hydrogens is 199 g/mol. The Kier molecular flexibility index (Phi) is 3.29. The lowest BCUT2D eigenvalue weighted by Gasteiger charge is -2.11. The van der Waals surface area contributed by atoms with Crippen molar-refractivity contribution in [3.63, 3.8) is 0 Å². The monoisotopic (exact) mass is 207 g/mol. The molecule has 0 unspecified atom stereocenters. The minimum absolute atomic E-state index is 0.000162. The van der Waals surface area contributed by atoms with E-state index in [4.69, 9.17) is 5.11 Å². The largest absolute Gasteiger partial charge is 0.484 e. The van der Waals surface area contributed by atoms with E-state index in [-0.39, 0.29) is 11.3 Å². The van der Waals surface area contributed by atoms with Gasteiger partial charge in [-0.05, 0) is 6.07 Å². The van der Waals surface area contributed by atoms with E-state index in [0.717, 1.165) is 0 Å². The molecule has 14 heavy (non-hydrogen) atoms. The second-order valence-electron chi connectivity index (χ2n) is 2.55. The zero-order chi connectivity index (χ0) is 10.6. The van der Waals surface area contributed by atoms with Gasteiger partial charge in [0.2, 0.25) is 0 Å². The molecule has 0 bridgehead atoms. The molecule has 1 heterocycles. The molecule has 1 rings (SSSR count). The van der Waals surface area contributed by atoms with Gasteiger partial charge in [-0.1, -0.05) is 0 Å². The Morgan fingerprint density at radius 3 is 2.71 bits per heavy atom. The number of aliphatic hydroxyl groups is 1. The molecule has 0 spiro atoms. The van der Waals surface area contributed by atoms with Crippen molar-refractivity contribution in [2.24, 2.45) is 0 Å². The molecule has 0 saturated carbocycles. The van der Waals surface area contributed by atoms with Gasteiger partial charge in [-0.2, -0.15) is 13.2 Å². The van der Waals surface area contributed by atoms with Crippen molar-refractivity contribution in [1.82, 2.24) is 4.98 Å². The molecule has 0 radical (unpaired) electrons. The van der Waals surface area contributed by atoms with Crippen molar-refractivity contribution in [3.05, 3.63) is 24.0 Å². The van der Waals surface area contributed by atoms with Gasteiger partial charge < -0.3 is 9.84 Å². The van der Waals surface area contributed by atoms with Gasteiger partial charge in [-0.25, -0.2) is 0 Å². The maximum atomic E-state index is 11.8. The van der Waals surface area contributed by atoms with Crippen LogP contribution in [0.15, 0.2) is 18.5 Å². The lowest BCUT2D eigenvalue weighted by molar-refractivity contribution is -0.153. The summed E-state index contributed by atoms with van der Waals surface area (Å²) in [6.45, 7) is -1.77. The highest BCUT2D eigenvalue weighted by molar-refractivity contribution is 5.29. The number of rotatable bonds is 3. The molecule has 0 atom stereocenters. The van der Waals surface area contributed by atoms with E-state index >= 15 is 0 Å². The molecule has 0 aliphatic carbocycles. The number of ether oxygens (including phenoxy) is 1. The Morgan fingerprint density at radius 1 is 1.43 bits per heavy atom. The van der Waals surface area contributed by atoms with Gasteiger partial charge >= 0.3 is 6.18 Å². The summed E-state index contributed by atoms with van der Waals surface area (Å²) in [5.74, 6) is -0.000162. The van der Waals surface area contributed by atoms with Gasteiger partial charge in [0.05, 0.1) is 6.61 Å². The van der Waals surface area contributed by atoms with Gasteiger partial charge in [-0.15, -0.1) is 0 Å². The minimum Gasteiger partial charge on any atom is -0.484 e. The predicted molar refractivity (Wildman–Crippen MR) is 41.7 cm³/mol. The topological polar surface area (TPSA) is 42.4 Å². The number of alkyl halides is 3. The maximum absolute atomic E-state index is 11.8. The molecule has 0 aliphatic heterocycles. The van der Waals surface area contributed by atoms with Crippen LogP contribution in [0.4, 0.5) is 13.2 Å². The van der Waals surface area contributed by atoms with Crippen LogP contribution in [-0.4, -0.2) is 22.9 Å². The van der Waals surface area contributed by atoms with Crippen LogP contribution in [0.2, 0.25) is 0 Å². The molecule has 0 fully saturated rings. The quantitative estimate of drug-likeness (QED) is 0.816. The first kappa shape index (κ1) is 10.8. The molecule has 0 aliphatic rings. The van der Waals surface area contributed by atoms with E-state index < -0.39 is 19.4 Å². The molecular formula is C8H8F3NO2. The fraction of sp³-hybridized carbons (Fsp3) is 0.375. The summed E-state index contributed by atoms with van der Waals surface area (Å²) in [4.78, 5) is 3.64. The summed E-state index contributed by atoms with van der Waals surface area (Å²) in [5, 5.41) is 8.75. The van der Waals surface area contributed by atoms with Gasteiger partial charge in [0.25, 0.3) is 0 Å². The molecule has 0 amide bonds. The summed E-state index contributed by atoms with van der Waals surface area (Å²) >= 11 is 0. The average molecular weight is 207 g/mol. The highest BCUT2D eigenvalue weighted by Crippen LogP contribution is 2.21. The first-order chi connectivity index (χ1) is 6.53. The number of hydrogen-bond acceptors (Lipinski definition) is 3. The summed E-state index contributed by atoms with van der Waals surface area (Å²) in [7, 11) is 0. The second-order valence-corrected chi connectivity index (χ2v) is 2.55. The Labute approximate surface area is 78.2 Å². The van der Waals surface area contributed by atoms with E-state index in [1.807, 2.05) is 0 Å². The molecule has 0 saturated heterocycles. The van der Waals surface area contributed by atoms with Crippen LogP contribution in [0.3, 0.4) is 0 Å². The summed E-state index contributed by atoms with van der Waals surface area (Å²) < 4.78 is 39.8. The Hall–Kier alpha value is -1.30. The molecule has 1 N–H and O–H groups in total. The Bertz CT molecular complexity index is 301. The number of hydrogen-bond donors (Lipinski definition) is 1. The molecule has 1 aromatic heterocycles. The van der Waals surface area contributed by atoms with Crippen LogP contribution in [0.25, 0.3) is 0 Å². The molecule has 1 aromatic rings. The highest BCUT2D eigenvalue weighted by atomic mass is 19.4. The van der Waals surface area contributed by atoms with Crippen molar-refractivity contribution < 1.29 is 23.0 Å². The summed E-state index contributed by atoms with van der Waals surface area (Å²) in [5.41, 5.74) is 0.233. The van der Waals surface area contributed by atoms with Gasteiger partial charge in [0.15, 0.2) is 6.61 Å². The Morgan fingerprint density at radius 2 is 2.14 bits per heavy atom. The second kappa shape index (κ2) is 4.28. The van der Waals surface area contributed by atoms with Crippen LogP contribution in [-0.2, 0) is 6.61 Å². The van der Waals surface area contributed by atoms with Crippen LogP contribution in [0.1, 0.15) is 5.56 Å². The van der Waals surface area contributed by atoms with E-state index in [0.29, 0.717) is 0 Å². The van der Waals surface area contributed by atoms with Crippen molar-refractivity contribution in [2.75, 3.05) is 6.61 Å². The van der Waals surface area contributed by atoms with Gasteiger partial charge in [-0.3, -0.25) is 4.98 Å². The summed E-state index contributed by atoms with van der Waals surface area (Å²) in [6, 6.07) is 1.28. The number of nitrogens with zero attached hydrogens (tertiary/aromatic N) is 1. The number of aliphatic hydroxyl groups excluding tert-OH is 1. The molecule has 0 aromatic carbocycles. The fourth-order valence-electron chi connectivity index (χ4n) is 0.834. The average Bonchev–Trinajstić information content (AvgIpc) is 2.14. The zero-order valence-electron chi connectivity index (χ0n) is 7.08. The minimum atomic E-state index is -4.38. The molecule has 6 heteroatoms. The molecule has 3 nitrogen and oxygen atoms in total. The SMILES string of the molecule is OCc1cnccc1OCC(F)(F)F. The number of pyridine rings is 1. The predicted octanol–water partition coefficient (Wildman–Crippen LogP) is 1.51. The van der Waals surface area contributed by atoms with Crippen LogP contribution in [0.5, 0.6) is 5.75 Å². The van der Waals surface area contributed by atoms with Gasteiger partial charge in [0.1, 0.15) is 5.75 Å². The third-order valence-electron chi connectivity index (χ3n) is 1.42. The lowest BCUT2D eigenvalue weighted by atomic mass is 10.3. The standard InChI is InChI=1S/C8H8F3NO2/c9-8(10,11)5-14-7-1-2-12-3-6(7)4-13/h1-3,13H,4-5H2. The van der Waals surface area contributed by atoms with Gasteiger partial charge in [0, 0.05) is 18.0 Å². The van der Waals surface area contributed by atoms with Crippen LogP contribution < -0.4 is 4.74 Å². The fourth-order valence-corrected chi connectivity index (χ4v) is 0.834. The van der Waals surface area contributed by atoms with E-state index in [1.54, 1.807) is 0 Å². The molecule has 78 valence electrons. The third kappa shape index (κ3) is 3.21. The van der Waals surface area contributed by atoms with Crippen LogP contribution in [0, 0.1) is 0 Å². The lowest BCUT2D eigenvalue weighted by Crippen LogP contribution is -2.19. The first-order valence-corrected chi connectivity index (χ1v) is 3.76. The van der Waals surface area contributed by atoms with Crippen molar-refractivity contribution in [3.8, 4) is 5.75 Å². The maximum Gasteiger partial charge on any atom is 0.422 e. The smallest absolute Gasteiger partial charge is 0.422 e. The van der Waals surface area contributed by atoms with E-state index in [2.05, 4.69) is 9.72 Å². The third-order valence-corrected chi connectivity index (χ3v) is 1.42. The van der Waals surface area contributed by atoms with Crippen LogP contribution >= 0.6 is 0 Å². The Balaban J connectivity index is 2.67. The zero-order valence-corrected chi connectivity index (χ0v) is 7.08. The van der Waals surface area contributed by atoms with E-state index in [9.17, 15) is 13.2 Å². The summed E-state index contributed by atoms with van der Waals surface area (Å²) in [6.07, 6.45) is -1.83. The van der Waals surface area contributed by atoms with E-state index in [1.165, 1.54) is 18.5 Å². The highest BCUT2D eigenvalue weighted by Gasteiger charge is 2.28. The number of aromatic nitrogens is 1. The van der Waals surface area contributed by atoms with Crippen molar-refractivity contribution in [1.29, 1.82) is 0 Å². The van der Waals surface area contributed by atoms with Crippen molar-refractivity contribution in [2.45, 2.75) is 12.8 Å².